The molecule has 0 saturated heterocycles. The molecule has 0 bridgehead atoms. The van der Waals surface area contributed by atoms with Crippen LogP contribution in [0.2, 0.25) is 5.15 Å². The summed E-state index contributed by atoms with van der Waals surface area (Å²) in [6.45, 7) is 0. The van der Waals surface area contributed by atoms with Crippen molar-refractivity contribution >= 4 is 29.0 Å². The number of nitrogen functional groups attached to an aromatic ring is 1. The summed E-state index contributed by atoms with van der Waals surface area (Å²) in [7, 11) is 1.53. The predicted octanol–water partition coefficient (Wildman–Crippen LogP) is 2.58. The lowest BCUT2D eigenvalue weighted by Gasteiger charge is -2.08. The van der Waals surface area contributed by atoms with Crippen LogP contribution in [-0.4, -0.2) is 18.0 Å². The minimum Gasteiger partial charge on any atom is -0.497 e. The number of hydrogen-bond acceptors (Lipinski definition) is 4. The Labute approximate surface area is 115 Å². The number of aromatic nitrogens is 1. The van der Waals surface area contributed by atoms with E-state index in [1.54, 1.807) is 36.4 Å². The monoisotopic (exact) mass is 277 g/mol. The first kappa shape index (κ1) is 13.2. The molecule has 6 heteroatoms. The Balaban J connectivity index is 2.20. The molecule has 0 unspecified atom stereocenters. The van der Waals surface area contributed by atoms with Crippen LogP contribution in [-0.2, 0) is 0 Å². The third-order valence-electron chi connectivity index (χ3n) is 2.46. The van der Waals surface area contributed by atoms with Crippen molar-refractivity contribution in [3.8, 4) is 5.75 Å². The number of nitrogens with one attached hydrogen (secondary N) is 1. The van der Waals surface area contributed by atoms with Crippen molar-refractivity contribution in [1.29, 1.82) is 0 Å². The van der Waals surface area contributed by atoms with E-state index >= 15 is 0 Å². The largest absolute Gasteiger partial charge is 0.497 e. The highest BCUT2D eigenvalue weighted by atomic mass is 35.5. The zero-order chi connectivity index (χ0) is 13.8. The number of hydrogen-bond donors (Lipinski definition) is 2. The fourth-order valence-corrected chi connectivity index (χ4v) is 1.70. The lowest BCUT2D eigenvalue weighted by Crippen LogP contribution is -2.14. The lowest BCUT2D eigenvalue weighted by molar-refractivity contribution is 0.102. The number of methoxy groups -OCH3 is 1. The first-order chi connectivity index (χ1) is 9.10. The molecule has 5 nitrogen and oxygen atoms in total. The Kier molecular flexibility index (Phi) is 3.87. The van der Waals surface area contributed by atoms with Gasteiger partial charge in [-0.05, 0) is 24.3 Å². The molecule has 0 fully saturated rings. The summed E-state index contributed by atoms with van der Waals surface area (Å²) in [6.07, 6.45) is 0. The first-order valence-electron chi connectivity index (χ1n) is 5.47. The molecule has 0 radical (unpaired) electrons. The van der Waals surface area contributed by atoms with E-state index in [9.17, 15) is 4.79 Å². The van der Waals surface area contributed by atoms with Crippen molar-refractivity contribution in [2.75, 3.05) is 18.2 Å². The van der Waals surface area contributed by atoms with Gasteiger partial charge in [-0.3, -0.25) is 4.79 Å². The fourth-order valence-electron chi connectivity index (χ4n) is 1.54. The van der Waals surface area contributed by atoms with Crippen molar-refractivity contribution in [2.45, 2.75) is 0 Å². The van der Waals surface area contributed by atoms with Crippen LogP contribution in [0.25, 0.3) is 0 Å². The van der Waals surface area contributed by atoms with E-state index in [-0.39, 0.29) is 5.91 Å². The molecule has 0 atom stereocenters. The zero-order valence-electron chi connectivity index (χ0n) is 10.2. The minimum absolute atomic E-state index is 0.306. The van der Waals surface area contributed by atoms with Gasteiger partial charge in [0.05, 0.1) is 12.7 Å². The number of carbonyl (C=O) groups is 1. The number of carbonyl (C=O) groups excluding carboxylic acids is 1. The summed E-state index contributed by atoms with van der Waals surface area (Å²) in [5.74, 6) is 0.609. The van der Waals surface area contributed by atoms with Gasteiger partial charge in [0.2, 0.25) is 0 Å². The third kappa shape index (κ3) is 3.14. The minimum atomic E-state index is -0.352. The number of ether oxygens (including phenoxy) is 1. The molecule has 1 aromatic carbocycles. The quantitative estimate of drug-likeness (QED) is 0.668. The third-order valence-corrected chi connectivity index (χ3v) is 2.67. The lowest BCUT2D eigenvalue weighted by atomic mass is 10.1. The van der Waals surface area contributed by atoms with E-state index in [4.69, 9.17) is 22.1 Å². The Morgan fingerprint density at radius 2 is 2.16 bits per heavy atom. The highest BCUT2D eigenvalue weighted by Gasteiger charge is 2.11. The molecule has 1 aromatic heterocycles. The smallest absolute Gasteiger partial charge is 0.258 e. The van der Waals surface area contributed by atoms with E-state index in [1.807, 2.05) is 0 Å². The number of amides is 1. The Morgan fingerprint density at radius 3 is 2.79 bits per heavy atom. The molecule has 19 heavy (non-hydrogen) atoms. The highest BCUT2D eigenvalue weighted by Crippen LogP contribution is 2.20. The number of rotatable bonds is 3. The van der Waals surface area contributed by atoms with Crippen molar-refractivity contribution in [3.63, 3.8) is 0 Å². The summed E-state index contributed by atoms with van der Waals surface area (Å²) in [6, 6.07) is 9.80. The summed E-state index contributed by atoms with van der Waals surface area (Å²) >= 11 is 5.74. The van der Waals surface area contributed by atoms with Gasteiger partial charge in [-0.2, -0.15) is 0 Å². The van der Waals surface area contributed by atoms with Crippen LogP contribution in [0.3, 0.4) is 0 Å². The molecule has 0 aliphatic carbocycles. The second-order valence-corrected chi connectivity index (χ2v) is 4.14. The molecule has 0 aliphatic rings. The predicted molar refractivity (Wildman–Crippen MR) is 74.6 cm³/mol. The van der Waals surface area contributed by atoms with E-state index in [0.717, 1.165) is 0 Å². The van der Waals surface area contributed by atoms with Gasteiger partial charge in [0.25, 0.3) is 5.91 Å². The van der Waals surface area contributed by atoms with Crippen LogP contribution >= 0.6 is 11.6 Å². The molecule has 98 valence electrons. The van der Waals surface area contributed by atoms with Gasteiger partial charge < -0.3 is 15.8 Å². The average molecular weight is 278 g/mol. The second-order valence-electron chi connectivity index (χ2n) is 3.75. The molecule has 0 saturated carbocycles. The van der Waals surface area contributed by atoms with Gasteiger partial charge in [0, 0.05) is 11.8 Å². The summed E-state index contributed by atoms with van der Waals surface area (Å²) in [5.41, 5.74) is 6.48. The molecule has 1 amide bonds. The molecule has 3 N–H and O–H groups in total. The van der Waals surface area contributed by atoms with Crippen molar-refractivity contribution in [3.05, 3.63) is 47.1 Å². The summed E-state index contributed by atoms with van der Waals surface area (Å²) in [5, 5.41) is 2.93. The van der Waals surface area contributed by atoms with E-state index in [1.165, 1.54) is 7.11 Å². The molecule has 0 spiro atoms. The molecular formula is C13H12ClN3O2. The van der Waals surface area contributed by atoms with Crippen LogP contribution < -0.4 is 15.8 Å². The van der Waals surface area contributed by atoms with Gasteiger partial charge in [0.1, 0.15) is 16.7 Å². The van der Waals surface area contributed by atoms with Gasteiger partial charge in [0.15, 0.2) is 0 Å². The van der Waals surface area contributed by atoms with Crippen LogP contribution in [0.4, 0.5) is 11.5 Å². The molecular weight excluding hydrogens is 266 g/mol. The van der Waals surface area contributed by atoms with Crippen molar-refractivity contribution < 1.29 is 9.53 Å². The van der Waals surface area contributed by atoms with E-state index in [0.29, 0.717) is 28.0 Å². The molecule has 1 heterocycles. The summed E-state index contributed by atoms with van der Waals surface area (Å²) < 4.78 is 5.02. The Bertz CT molecular complexity index is 617. The standard InChI is InChI=1S/C13H12ClN3O2/c1-19-8-5-6-9(10(15)7-8)13(18)17-12-4-2-3-11(14)16-12/h2-7H,15H2,1H3,(H,16,17,18). The maximum absolute atomic E-state index is 12.0. The number of pyridine rings is 1. The average Bonchev–Trinajstić information content (AvgIpc) is 2.38. The van der Waals surface area contributed by atoms with Crippen molar-refractivity contribution in [2.24, 2.45) is 0 Å². The number of anilines is 2. The topological polar surface area (TPSA) is 77.2 Å². The normalized spacial score (nSPS) is 10.0. The van der Waals surface area contributed by atoms with E-state index < -0.39 is 0 Å². The van der Waals surface area contributed by atoms with Crippen molar-refractivity contribution in [1.82, 2.24) is 4.98 Å². The molecule has 2 rings (SSSR count). The fraction of sp³-hybridized carbons (Fsp3) is 0.0769. The van der Waals surface area contributed by atoms with Gasteiger partial charge in [-0.1, -0.05) is 17.7 Å². The zero-order valence-corrected chi connectivity index (χ0v) is 10.9. The molecule has 0 aliphatic heterocycles. The number of benzene rings is 1. The van der Waals surface area contributed by atoms with Gasteiger partial charge in [-0.15, -0.1) is 0 Å². The first-order valence-corrected chi connectivity index (χ1v) is 5.85. The maximum Gasteiger partial charge on any atom is 0.258 e. The van der Waals surface area contributed by atoms with Crippen LogP contribution in [0.15, 0.2) is 36.4 Å². The number of halogens is 1. The highest BCUT2D eigenvalue weighted by molar-refractivity contribution is 6.29. The molecule has 2 aromatic rings. The maximum atomic E-state index is 12.0. The number of nitrogens with two attached hydrogens (primary N) is 1. The van der Waals surface area contributed by atoms with Crippen LogP contribution in [0.1, 0.15) is 10.4 Å². The van der Waals surface area contributed by atoms with Gasteiger partial charge in [-0.25, -0.2) is 4.98 Å². The van der Waals surface area contributed by atoms with Crippen LogP contribution in [0, 0.1) is 0 Å². The summed E-state index contributed by atoms with van der Waals surface area (Å²) in [4.78, 5) is 16.0. The Morgan fingerprint density at radius 1 is 1.37 bits per heavy atom. The van der Waals surface area contributed by atoms with Crippen LogP contribution in [0.5, 0.6) is 5.75 Å². The second kappa shape index (κ2) is 5.58. The Hall–Kier alpha value is -2.27. The van der Waals surface area contributed by atoms with Gasteiger partial charge >= 0.3 is 0 Å². The SMILES string of the molecule is COc1ccc(C(=O)Nc2cccc(Cl)n2)c(N)c1. The van der Waals surface area contributed by atoms with E-state index in [2.05, 4.69) is 10.3 Å². The number of nitrogens with zero attached hydrogens (tertiary/aromatic N) is 1.